The van der Waals surface area contributed by atoms with Crippen LogP contribution in [0.25, 0.3) is 0 Å². The van der Waals surface area contributed by atoms with Crippen LogP contribution in [0.3, 0.4) is 0 Å². The molecule has 0 aliphatic rings. The Bertz CT molecular complexity index is 866. The Hall–Kier alpha value is -1.76. The van der Waals surface area contributed by atoms with Crippen molar-refractivity contribution < 1.29 is 14.0 Å². The number of carbonyl (C=O) groups is 2. The predicted octanol–water partition coefficient (Wildman–Crippen LogP) is 4.92. The van der Waals surface area contributed by atoms with Crippen molar-refractivity contribution in [2.24, 2.45) is 0 Å². The molecule has 0 unspecified atom stereocenters. The van der Waals surface area contributed by atoms with E-state index in [1.165, 1.54) is 29.8 Å². The third kappa shape index (κ3) is 6.63. The number of amides is 2. The quantitative estimate of drug-likeness (QED) is 0.582. The molecule has 4 nitrogen and oxygen atoms in total. The van der Waals surface area contributed by atoms with Crippen LogP contribution in [-0.2, 0) is 21.9 Å². The van der Waals surface area contributed by atoms with Gasteiger partial charge in [0, 0.05) is 29.4 Å². The molecule has 0 spiro atoms. The van der Waals surface area contributed by atoms with Crippen LogP contribution in [0.2, 0.25) is 10.0 Å². The SMILES string of the molecule is CC[C@H](C(=O)NC)N(Cc1ccc(Cl)cc1Cl)C(=O)CSCc1ccccc1F. The van der Waals surface area contributed by atoms with Gasteiger partial charge in [-0.2, -0.15) is 0 Å². The molecule has 29 heavy (non-hydrogen) atoms. The fourth-order valence-corrected chi connectivity index (χ4v) is 4.23. The topological polar surface area (TPSA) is 49.4 Å². The summed E-state index contributed by atoms with van der Waals surface area (Å²) in [5.41, 5.74) is 1.24. The van der Waals surface area contributed by atoms with Crippen LogP contribution in [0.4, 0.5) is 4.39 Å². The van der Waals surface area contributed by atoms with Crippen LogP contribution >= 0.6 is 35.0 Å². The summed E-state index contributed by atoms with van der Waals surface area (Å²) in [6.45, 7) is 2.02. The van der Waals surface area contributed by atoms with Gasteiger partial charge in [0.15, 0.2) is 0 Å². The molecule has 2 rings (SSSR count). The van der Waals surface area contributed by atoms with E-state index in [1.54, 1.807) is 36.4 Å². The molecule has 2 aromatic carbocycles. The molecule has 0 saturated heterocycles. The second-order valence-corrected chi connectivity index (χ2v) is 8.21. The van der Waals surface area contributed by atoms with Crippen LogP contribution < -0.4 is 5.32 Å². The number of likely N-dealkylation sites (N-methyl/N-ethyl adjacent to an activating group) is 1. The highest BCUT2D eigenvalue weighted by molar-refractivity contribution is 7.99. The second kappa shape index (κ2) is 11.4. The first-order valence-electron chi connectivity index (χ1n) is 9.13. The Labute approximate surface area is 184 Å². The first-order chi connectivity index (χ1) is 13.9. The molecule has 0 saturated carbocycles. The fraction of sp³-hybridized carbons (Fsp3) is 0.333. The molecule has 156 valence electrons. The number of rotatable bonds is 9. The normalized spacial score (nSPS) is 11.8. The number of hydrogen-bond donors (Lipinski definition) is 1. The fourth-order valence-electron chi connectivity index (χ4n) is 2.87. The summed E-state index contributed by atoms with van der Waals surface area (Å²) in [6, 6.07) is 10.9. The number of halogens is 3. The summed E-state index contributed by atoms with van der Waals surface area (Å²) in [7, 11) is 1.54. The molecule has 0 fully saturated rings. The lowest BCUT2D eigenvalue weighted by Crippen LogP contribution is -2.48. The number of nitrogens with one attached hydrogen (secondary N) is 1. The maximum absolute atomic E-state index is 13.8. The Morgan fingerprint density at radius 2 is 1.90 bits per heavy atom. The maximum atomic E-state index is 13.8. The van der Waals surface area contributed by atoms with Crippen molar-refractivity contribution in [1.82, 2.24) is 10.2 Å². The van der Waals surface area contributed by atoms with Crippen LogP contribution in [-0.4, -0.2) is 35.6 Å². The monoisotopic (exact) mass is 456 g/mol. The van der Waals surface area contributed by atoms with Crippen molar-refractivity contribution in [3.05, 3.63) is 69.5 Å². The largest absolute Gasteiger partial charge is 0.357 e. The van der Waals surface area contributed by atoms with Gasteiger partial charge in [-0.3, -0.25) is 9.59 Å². The van der Waals surface area contributed by atoms with E-state index in [0.717, 1.165) is 0 Å². The molecular weight excluding hydrogens is 434 g/mol. The van der Waals surface area contributed by atoms with Crippen molar-refractivity contribution in [1.29, 1.82) is 0 Å². The minimum absolute atomic E-state index is 0.118. The highest BCUT2D eigenvalue weighted by Gasteiger charge is 2.28. The van der Waals surface area contributed by atoms with Crippen molar-refractivity contribution in [3.63, 3.8) is 0 Å². The zero-order valence-electron chi connectivity index (χ0n) is 16.3. The number of nitrogens with zero attached hydrogens (tertiary/aromatic N) is 1. The van der Waals surface area contributed by atoms with Crippen molar-refractivity contribution >= 4 is 46.8 Å². The van der Waals surface area contributed by atoms with Gasteiger partial charge >= 0.3 is 0 Å². The predicted molar refractivity (Wildman–Crippen MR) is 118 cm³/mol. The van der Waals surface area contributed by atoms with E-state index in [9.17, 15) is 14.0 Å². The molecule has 0 aromatic heterocycles. The Kier molecular flexibility index (Phi) is 9.27. The van der Waals surface area contributed by atoms with Crippen LogP contribution in [0.1, 0.15) is 24.5 Å². The lowest BCUT2D eigenvalue weighted by Gasteiger charge is -2.30. The van der Waals surface area contributed by atoms with Crippen LogP contribution in [0.15, 0.2) is 42.5 Å². The third-order valence-electron chi connectivity index (χ3n) is 4.43. The minimum atomic E-state index is -0.631. The van der Waals surface area contributed by atoms with Gasteiger partial charge in [-0.05, 0) is 35.7 Å². The number of thioether (sulfide) groups is 1. The smallest absolute Gasteiger partial charge is 0.242 e. The molecule has 0 aliphatic carbocycles. The lowest BCUT2D eigenvalue weighted by molar-refractivity contribution is -0.139. The Morgan fingerprint density at radius 3 is 2.52 bits per heavy atom. The maximum Gasteiger partial charge on any atom is 0.242 e. The molecule has 8 heteroatoms. The van der Waals surface area contributed by atoms with Crippen molar-refractivity contribution in [3.8, 4) is 0 Å². The van der Waals surface area contributed by atoms with E-state index in [4.69, 9.17) is 23.2 Å². The van der Waals surface area contributed by atoms with Gasteiger partial charge < -0.3 is 10.2 Å². The van der Waals surface area contributed by atoms with Gasteiger partial charge in [-0.15, -0.1) is 11.8 Å². The summed E-state index contributed by atoms with van der Waals surface area (Å²) in [6.07, 6.45) is 0.453. The van der Waals surface area contributed by atoms with Gasteiger partial charge in [0.2, 0.25) is 11.8 Å². The van der Waals surface area contributed by atoms with E-state index in [1.807, 2.05) is 6.92 Å². The lowest BCUT2D eigenvalue weighted by atomic mass is 10.1. The molecular formula is C21H23Cl2FN2O2S. The molecule has 0 heterocycles. The molecule has 1 N–H and O–H groups in total. The van der Waals surface area contributed by atoms with Crippen molar-refractivity contribution in [2.45, 2.75) is 31.7 Å². The number of hydrogen-bond acceptors (Lipinski definition) is 3. The highest BCUT2D eigenvalue weighted by Crippen LogP contribution is 2.24. The third-order valence-corrected chi connectivity index (χ3v) is 5.98. The summed E-state index contributed by atoms with van der Waals surface area (Å²) < 4.78 is 13.8. The summed E-state index contributed by atoms with van der Waals surface area (Å²) in [5, 5.41) is 3.53. The summed E-state index contributed by atoms with van der Waals surface area (Å²) in [4.78, 5) is 26.8. The molecule has 0 aliphatic heterocycles. The molecule has 2 aromatic rings. The van der Waals surface area contributed by atoms with E-state index >= 15 is 0 Å². The molecule has 1 atom stereocenters. The van der Waals surface area contributed by atoms with E-state index in [0.29, 0.717) is 33.3 Å². The Balaban J connectivity index is 2.15. The van der Waals surface area contributed by atoms with E-state index < -0.39 is 6.04 Å². The first kappa shape index (κ1) is 23.5. The average molecular weight is 457 g/mol. The first-order valence-corrected chi connectivity index (χ1v) is 11.0. The van der Waals surface area contributed by atoms with E-state index in [2.05, 4.69) is 5.32 Å². The van der Waals surface area contributed by atoms with Gasteiger partial charge in [-0.1, -0.05) is 54.4 Å². The summed E-state index contributed by atoms with van der Waals surface area (Å²) >= 11 is 13.5. The summed E-state index contributed by atoms with van der Waals surface area (Å²) in [5.74, 6) is -0.274. The minimum Gasteiger partial charge on any atom is -0.357 e. The molecule has 2 amide bonds. The zero-order valence-corrected chi connectivity index (χ0v) is 18.6. The highest BCUT2D eigenvalue weighted by atomic mass is 35.5. The van der Waals surface area contributed by atoms with Gasteiger partial charge in [0.1, 0.15) is 11.9 Å². The standard InChI is InChI=1S/C21H23Cl2FN2O2S/c1-3-19(21(28)25-2)26(11-14-8-9-16(22)10-17(14)23)20(27)13-29-12-15-6-4-5-7-18(15)24/h4-10,19H,3,11-13H2,1-2H3,(H,25,28)/t19-/m1/s1. The average Bonchev–Trinajstić information content (AvgIpc) is 2.70. The van der Waals surface area contributed by atoms with Gasteiger partial charge in [0.25, 0.3) is 0 Å². The van der Waals surface area contributed by atoms with Gasteiger partial charge in [-0.25, -0.2) is 4.39 Å². The Morgan fingerprint density at radius 1 is 1.17 bits per heavy atom. The second-order valence-electron chi connectivity index (χ2n) is 6.38. The number of benzene rings is 2. The van der Waals surface area contributed by atoms with Crippen molar-refractivity contribution in [2.75, 3.05) is 12.8 Å². The molecule has 0 radical (unpaired) electrons. The number of carbonyl (C=O) groups excluding carboxylic acids is 2. The van der Waals surface area contributed by atoms with E-state index in [-0.39, 0.29) is 29.9 Å². The molecule has 0 bridgehead atoms. The zero-order chi connectivity index (χ0) is 21.4. The van der Waals surface area contributed by atoms with Crippen LogP contribution in [0, 0.1) is 5.82 Å². The van der Waals surface area contributed by atoms with Gasteiger partial charge in [0.05, 0.1) is 5.75 Å². The van der Waals surface area contributed by atoms with Crippen LogP contribution in [0.5, 0.6) is 0 Å².